The van der Waals surface area contributed by atoms with Gasteiger partial charge in [0.25, 0.3) is 0 Å². The fraction of sp³-hybridized carbons (Fsp3) is 0.0476. The van der Waals surface area contributed by atoms with E-state index in [4.69, 9.17) is 9.15 Å². The second-order valence-corrected chi connectivity index (χ2v) is 6.76. The van der Waals surface area contributed by atoms with Crippen LogP contribution in [-0.4, -0.2) is 5.97 Å². The third-order valence-corrected chi connectivity index (χ3v) is 4.84. The summed E-state index contributed by atoms with van der Waals surface area (Å²) in [4.78, 5) is 25.7. The molecule has 0 unspecified atom stereocenters. The molecular weight excluding hydrogens is 348 g/mol. The topological polar surface area (TPSA) is 56.5 Å². The van der Waals surface area contributed by atoms with Crippen molar-refractivity contribution in [1.29, 1.82) is 0 Å². The SMILES string of the molecule is O=C(Cc1cccs1)Oc1ccc2c(=O)c(-c3ccccc3)coc2c1. The van der Waals surface area contributed by atoms with Gasteiger partial charge in [-0.2, -0.15) is 0 Å². The first-order chi connectivity index (χ1) is 12.7. The molecule has 0 atom stereocenters. The Morgan fingerprint density at radius 3 is 2.65 bits per heavy atom. The van der Waals surface area contributed by atoms with E-state index in [-0.39, 0.29) is 17.8 Å². The summed E-state index contributed by atoms with van der Waals surface area (Å²) in [5.41, 5.74) is 1.57. The van der Waals surface area contributed by atoms with Gasteiger partial charge >= 0.3 is 5.97 Å². The zero-order valence-electron chi connectivity index (χ0n) is 13.7. The van der Waals surface area contributed by atoms with E-state index in [1.165, 1.54) is 17.6 Å². The summed E-state index contributed by atoms with van der Waals surface area (Å²) in [5, 5.41) is 2.36. The van der Waals surface area contributed by atoms with E-state index in [0.29, 0.717) is 22.3 Å². The summed E-state index contributed by atoms with van der Waals surface area (Å²) in [6.07, 6.45) is 1.66. The lowest BCUT2D eigenvalue weighted by atomic mass is 10.1. The Labute approximate surface area is 153 Å². The van der Waals surface area contributed by atoms with Crippen LogP contribution in [0.2, 0.25) is 0 Å². The van der Waals surface area contributed by atoms with E-state index >= 15 is 0 Å². The monoisotopic (exact) mass is 362 g/mol. The number of carbonyl (C=O) groups excluding carboxylic acids is 1. The summed E-state index contributed by atoms with van der Waals surface area (Å²) in [6.45, 7) is 0. The molecule has 0 saturated carbocycles. The molecule has 4 aromatic rings. The molecule has 0 aliphatic rings. The summed E-state index contributed by atoms with van der Waals surface area (Å²) in [6, 6.07) is 17.9. The van der Waals surface area contributed by atoms with Gasteiger partial charge in [0.15, 0.2) is 5.43 Å². The molecule has 2 heterocycles. The maximum Gasteiger partial charge on any atom is 0.316 e. The zero-order valence-corrected chi connectivity index (χ0v) is 14.5. The predicted octanol–water partition coefficient (Wildman–Crippen LogP) is 4.67. The Balaban J connectivity index is 1.62. The number of benzene rings is 2. The molecule has 0 fully saturated rings. The number of fused-ring (bicyclic) bond motifs is 1. The highest BCUT2D eigenvalue weighted by atomic mass is 32.1. The van der Waals surface area contributed by atoms with Crippen molar-refractivity contribution in [2.24, 2.45) is 0 Å². The average Bonchev–Trinajstić information content (AvgIpc) is 3.15. The lowest BCUT2D eigenvalue weighted by Gasteiger charge is -2.06. The minimum Gasteiger partial charge on any atom is -0.463 e. The lowest BCUT2D eigenvalue weighted by Crippen LogP contribution is -2.10. The predicted molar refractivity (Wildman–Crippen MR) is 102 cm³/mol. The smallest absolute Gasteiger partial charge is 0.316 e. The molecule has 128 valence electrons. The molecule has 0 bridgehead atoms. The molecule has 0 N–H and O–H groups in total. The van der Waals surface area contributed by atoms with Crippen molar-refractivity contribution < 1.29 is 13.9 Å². The molecule has 0 radical (unpaired) electrons. The Morgan fingerprint density at radius 1 is 1.04 bits per heavy atom. The van der Waals surface area contributed by atoms with Gasteiger partial charge < -0.3 is 9.15 Å². The van der Waals surface area contributed by atoms with Gasteiger partial charge in [0.2, 0.25) is 0 Å². The van der Waals surface area contributed by atoms with Crippen LogP contribution in [0, 0.1) is 0 Å². The Morgan fingerprint density at radius 2 is 1.88 bits per heavy atom. The van der Waals surface area contributed by atoms with Crippen LogP contribution in [0.5, 0.6) is 5.75 Å². The van der Waals surface area contributed by atoms with E-state index in [2.05, 4.69) is 0 Å². The van der Waals surface area contributed by atoms with Crippen LogP contribution in [0.3, 0.4) is 0 Å². The normalized spacial score (nSPS) is 10.8. The fourth-order valence-corrected chi connectivity index (χ4v) is 3.40. The van der Waals surface area contributed by atoms with Crippen molar-refractivity contribution in [3.63, 3.8) is 0 Å². The van der Waals surface area contributed by atoms with Gasteiger partial charge in [0.05, 0.1) is 17.4 Å². The first-order valence-corrected chi connectivity index (χ1v) is 8.93. The second kappa shape index (κ2) is 6.98. The highest BCUT2D eigenvalue weighted by Gasteiger charge is 2.12. The molecule has 2 aromatic heterocycles. The second-order valence-electron chi connectivity index (χ2n) is 5.73. The number of rotatable bonds is 4. The van der Waals surface area contributed by atoms with Gasteiger partial charge in [-0.05, 0) is 29.1 Å². The zero-order chi connectivity index (χ0) is 17.9. The van der Waals surface area contributed by atoms with Crippen LogP contribution < -0.4 is 10.2 Å². The third kappa shape index (κ3) is 3.30. The fourth-order valence-electron chi connectivity index (χ4n) is 2.71. The largest absolute Gasteiger partial charge is 0.463 e. The first kappa shape index (κ1) is 16.3. The average molecular weight is 362 g/mol. The molecule has 0 aliphatic carbocycles. The van der Waals surface area contributed by atoms with Gasteiger partial charge in [-0.1, -0.05) is 36.4 Å². The highest BCUT2D eigenvalue weighted by Crippen LogP contribution is 2.23. The van der Waals surface area contributed by atoms with Crippen molar-refractivity contribution in [2.45, 2.75) is 6.42 Å². The van der Waals surface area contributed by atoms with Gasteiger partial charge in [-0.15, -0.1) is 11.3 Å². The number of hydrogen-bond acceptors (Lipinski definition) is 5. The Bertz CT molecular complexity index is 1110. The van der Waals surface area contributed by atoms with Gasteiger partial charge in [-0.3, -0.25) is 9.59 Å². The third-order valence-electron chi connectivity index (χ3n) is 3.96. The van der Waals surface area contributed by atoms with Crippen molar-refractivity contribution in [1.82, 2.24) is 0 Å². The highest BCUT2D eigenvalue weighted by molar-refractivity contribution is 7.10. The van der Waals surface area contributed by atoms with Crippen LogP contribution in [0.1, 0.15) is 4.88 Å². The molecular formula is C21H14O4S. The number of carbonyl (C=O) groups is 1. The van der Waals surface area contributed by atoms with Crippen molar-refractivity contribution in [3.05, 3.63) is 87.4 Å². The number of thiophene rings is 1. The Kier molecular flexibility index (Phi) is 4.37. The lowest BCUT2D eigenvalue weighted by molar-refractivity contribution is -0.133. The van der Waals surface area contributed by atoms with Crippen LogP contribution in [0.4, 0.5) is 0 Å². The molecule has 26 heavy (non-hydrogen) atoms. The van der Waals surface area contributed by atoms with Gasteiger partial charge in [0, 0.05) is 10.9 Å². The van der Waals surface area contributed by atoms with Crippen LogP contribution in [0.25, 0.3) is 22.1 Å². The molecule has 0 aliphatic heterocycles. The van der Waals surface area contributed by atoms with E-state index in [1.54, 1.807) is 18.2 Å². The van der Waals surface area contributed by atoms with Crippen molar-refractivity contribution in [3.8, 4) is 16.9 Å². The quantitative estimate of drug-likeness (QED) is 0.391. The standard InChI is InChI=1S/C21H14O4S/c22-20(12-16-7-4-10-26-16)25-15-8-9-17-19(11-15)24-13-18(21(17)23)14-5-2-1-3-6-14/h1-11,13H,12H2. The maximum absolute atomic E-state index is 12.7. The van der Waals surface area contributed by atoms with E-state index in [9.17, 15) is 9.59 Å². The number of hydrogen-bond donors (Lipinski definition) is 0. The number of esters is 1. The van der Waals surface area contributed by atoms with Crippen LogP contribution in [0.15, 0.2) is 81.5 Å². The maximum atomic E-state index is 12.7. The van der Waals surface area contributed by atoms with E-state index < -0.39 is 0 Å². The minimum absolute atomic E-state index is 0.117. The molecule has 0 spiro atoms. The molecule has 0 amide bonds. The molecule has 0 saturated heterocycles. The molecule has 5 heteroatoms. The summed E-state index contributed by atoms with van der Waals surface area (Å²) < 4.78 is 11.0. The molecule has 2 aromatic carbocycles. The van der Waals surface area contributed by atoms with Crippen molar-refractivity contribution in [2.75, 3.05) is 0 Å². The van der Waals surface area contributed by atoms with Gasteiger partial charge in [-0.25, -0.2) is 0 Å². The van der Waals surface area contributed by atoms with Crippen LogP contribution in [-0.2, 0) is 11.2 Å². The van der Waals surface area contributed by atoms with E-state index in [1.807, 2.05) is 47.8 Å². The number of ether oxygens (including phenoxy) is 1. The summed E-state index contributed by atoms with van der Waals surface area (Å²) >= 11 is 1.51. The first-order valence-electron chi connectivity index (χ1n) is 8.05. The van der Waals surface area contributed by atoms with Gasteiger partial charge in [0.1, 0.15) is 17.6 Å². The van der Waals surface area contributed by atoms with Crippen molar-refractivity contribution >= 4 is 28.3 Å². The Hall–Kier alpha value is -3.18. The van der Waals surface area contributed by atoms with Crippen LogP contribution >= 0.6 is 11.3 Å². The summed E-state index contributed by atoms with van der Waals surface area (Å²) in [7, 11) is 0. The molecule has 4 nitrogen and oxygen atoms in total. The van der Waals surface area contributed by atoms with E-state index in [0.717, 1.165) is 10.4 Å². The molecule has 4 rings (SSSR count). The summed E-state index contributed by atoms with van der Waals surface area (Å²) in [5.74, 6) is 0.00437. The minimum atomic E-state index is -0.352.